The summed E-state index contributed by atoms with van der Waals surface area (Å²) in [6.07, 6.45) is 7.08. The summed E-state index contributed by atoms with van der Waals surface area (Å²) in [5.41, 5.74) is 7.10. The topological polar surface area (TPSA) is 52.5 Å². The minimum absolute atomic E-state index is 0.221. The largest absolute Gasteiger partial charge is 0.497 e. The van der Waals surface area contributed by atoms with Gasteiger partial charge in [-0.15, -0.1) is 0 Å². The first-order valence-corrected chi connectivity index (χ1v) is 5.53. The van der Waals surface area contributed by atoms with Gasteiger partial charge in [0.05, 0.1) is 24.4 Å². The number of nitrogens with two attached hydrogens (primary N) is 1. The van der Waals surface area contributed by atoms with Gasteiger partial charge in [0, 0.05) is 12.3 Å². The van der Waals surface area contributed by atoms with Crippen molar-refractivity contribution in [3.05, 3.63) is 30.4 Å². The molecule has 2 aromatic rings. The molecule has 4 nitrogen and oxygen atoms in total. The Balaban J connectivity index is 2.13. The molecule has 16 heavy (non-hydrogen) atoms. The van der Waals surface area contributed by atoms with Crippen LogP contribution in [0.25, 0.3) is 5.52 Å². The van der Waals surface area contributed by atoms with E-state index >= 15 is 0 Å². The summed E-state index contributed by atoms with van der Waals surface area (Å²) in [6, 6.07) is 3.90. The molecule has 1 fully saturated rings. The zero-order valence-corrected chi connectivity index (χ0v) is 9.31. The maximum Gasteiger partial charge on any atom is 0.133 e. The van der Waals surface area contributed by atoms with E-state index in [9.17, 15) is 0 Å². The molecule has 0 spiro atoms. The Bertz CT molecular complexity index is 528. The van der Waals surface area contributed by atoms with Gasteiger partial charge in [0.2, 0.25) is 0 Å². The van der Waals surface area contributed by atoms with Crippen molar-refractivity contribution in [2.75, 3.05) is 7.11 Å². The number of rotatable bonds is 2. The second kappa shape index (κ2) is 3.22. The highest BCUT2D eigenvalue weighted by Gasteiger charge is 2.37. The number of fused-ring (bicyclic) bond motifs is 1. The smallest absolute Gasteiger partial charge is 0.133 e. The van der Waals surface area contributed by atoms with Crippen molar-refractivity contribution in [1.82, 2.24) is 9.38 Å². The van der Waals surface area contributed by atoms with Crippen molar-refractivity contribution in [2.24, 2.45) is 5.73 Å². The predicted molar refractivity (Wildman–Crippen MR) is 61.5 cm³/mol. The first-order valence-electron chi connectivity index (χ1n) is 5.53. The lowest BCUT2D eigenvalue weighted by atomic mass is 9.77. The van der Waals surface area contributed by atoms with E-state index in [0.29, 0.717) is 0 Å². The van der Waals surface area contributed by atoms with Gasteiger partial charge < -0.3 is 14.9 Å². The summed E-state index contributed by atoms with van der Waals surface area (Å²) < 4.78 is 7.24. The van der Waals surface area contributed by atoms with Crippen LogP contribution in [0.4, 0.5) is 0 Å². The number of pyridine rings is 1. The maximum absolute atomic E-state index is 6.29. The molecule has 0 aromatic carbocycles. The van der Waals surface area contributed by atoms with Gasteiger partial charge >= 0.3 is 0 Å². The van der Waals surface area contributed by atoms with Crippen LogP contribution in [-0.2, 0) is 5.54 Å². The van der Waals surface area contributed by atoms with E-state index in [1.54, 1.807) is 7.11 Å². The van der Waals surface area contributed by atoms with E-state index in [2.05, 4.69) is 9.38 Å². The molecule has 0 amide bonds. The lowest BCUT2D eigenvalue weighted by Gasteiger charge is -2.36. The van der Waals surface area contributed by atoms with Crippen molar-refractivity contribution in [3.8, 4) is 5.75 Å². The Labute approximate surface area is 94.0 Å². The van der Waals surface area contributed by atoms with Crippen LogP contribution in [0.15, 0.2) is 24.5 Å². The molecular weight excluding hydrogens is 202 g/mol. The third-order valence-electron chi connectivity index (χ3n) is 3.43. The lowest BCUT2D eigenvalue weighted by molar-refractivity contribution is 0.237. The summed E-state index contributed by atoms with van der Waals surface area (Å²) in [5.74, 6) is 1.81. The van der Waals surface area contributed by atoms with Gasteiger partial charge in [-0.2, -0.15) is 0 Å². The van der Waals surface area contributed by atoms with Crippen molar-refractivity contribution in [1.29, 1.82) is 0 Å². The zero-order chi connectivity index (χ0) is 11.2. The van der Waals surface area contributed by atoms with Crippen LogP contribution in [0.2, 0.25) is 0 Å². The van der Waals surface area contributed by atoms with Crippen LogP contribution >= 0.6 is 0 Å². The quantitative estimate of drug-likeness (QED) is 0.832. The first-order chi connectivity index (χ1) is 7.73. The Hall–Kier alpha value is -1.55. The summed E-state index contributed by atoms with van der Waals surface area (Å²) in [4.78, 5) is 4.45. The van der Waals surface area contributed by atoms with E-state index in [-0.39, 0.29) is 5.54 Å². The van der Waals surface area contributed by atoms with Crippen molar-refractivity contribution >= 4 is 5.52 Å². The molecule has 3 rings (SSSR count). The third kappa shape index (κ3) is 1.23. The van der Waals surface area contributed by atoms with Gasteiger partial charge in [0.15, 0.2) is 0 Å². The highest BCUT2D eigenvalue weighted by atomic mass is 16.5. The van der Waals surface area contributed by atoms with Gasteiger partial charge in [-0.1, -0.05) is 0 Å². The standard InChI is InChI=1S/C12H15N3O/c1-16-10-3-6-15-9(7-10)8-14-11(15)12(13)4-2-5-12/h3,6-8H,2,4-5,13H2,1H3. The van der Waals surface area contributed by atoms with Gasteiger partial charge in [-0.05, 0) is 25.3 Å². The molecule has 4 heteroatoms. The second-order valence-electron chi connectivity index (χ2n) is 4.45. The van der Waals surface area contributed by atoms with E-state index in [0.717, 1.165) is 29.9 Å². The van der Waals surface area contributed by atoms with Gasteiger partial charge in [-0.3, -0.25) is 0 Å². The van der Waals surface area contributed by atoms with E-state index in [4.69, 9.17) is 10.5 Å². The van der Waals surface area contributed by atoms with Crippen molar-refractivity contribution in [2.45, 2.75) is 24.8 Å². The first kappa shape index (κ1) is 9.66. The van der Waals surface area contributed by atoms with Crippen LogP contribution in [0.3, 0.4) is 0 Å². The number of hydrogen-bond donors (Lipinski definition) is 1. The molecule has 0 unspecified atom stereocenters. The lowest BCUT2D eigenvalue weighted by Crippen LogP contribution is -2.44. The Kier molecular flexibility index (Phi) is 1.94. The predicted octanol–water partition coefficient (Wildman–Crippen LogP) is 1.68. The van der Waals surface area contributed by atoms with Crippen molar-refractivity contribution in [3.63, 3.8) is 0 Å². The fourth-order valence-corrected chi connectivity index (χ4v) is 2.26. The average molecular weight is 217 g/mol. The average Bonchev–Trinajstić information content (AvgIpc) is 2.68. The fourth-order valence-electron chi connectivity index (χ4n) is 2.26. The van der Waals surface area contributed by atoms with E-state index < -0.39 is 0 Å². The molecule has 0 aliphatic heterocycles. The molecule has 1 aliphatic rings. The van der Waals surface area contributed by atoms with E-state index in [1.807, 2.05) is 24.5 Å². The van der Waals surface area contributed by atoms with Gasteiger partial charge in [0.1, 0.15) is 11.6 Å². The molecule has 2 heterocycles. The minimum atomic E-state index is -0.221. The van der Waals surface area contributed by atoms with Gasteiger partial charge in [0.25, 0.3) is 0 Å². The molecule has 2 N–H and O–H groups in total. The summed E-state index contributed by atoms with van der Waals surface area (Å²) >= 11 is 0. The minimum Gasteiger partial charge on any atom is -0.497 e. The summed E-state index contributed by atoms with van der Waals surface area (Å²) in [7, 11) is 1.67. The maximum atomic E-state index is 6.29. The highest BCUT2D eigenvalue weighted by molar-refractivity contribution is 5.51. The molecule has 0 bridgehead atoms. The summed E-state index contributed by atoms with van der Waals surface area (Å²) in [5, 5.41) is 0. The molecular formula is C12H15N3O. The Morgan fingerprint density at radius 1 is 1.50 bits per heavy atom. The Morgan fingerprint density at radius 3 is 2.94 bits per heavy atom. The van der Waals surface area contributed by atoms with Crippen LogP contribution in [0, 0.1) is 0 Å². The number of imidazole rings is 1. The normalized spacial score (nSPS) is 18.4. The molecule has 0 radical (unpaired) electrons. The third-order valence-corrected chi connectivity index (χ3v) is 3.43. The van der Waals surface area contributed by atoms with Gasteiger partial charge in [-0.25, -0.2) is 4.98 Å². The number of nitrogens with zero attached hydrogens (tertiary/aromatic N) is 2. The molecule has 2 aromatic heterocycles. The highest BCUT2D eigenvalue weighted by Crippen LogP contribution is 2.38. The number of aromatic nitrogens is 2. The van der Waals surface area contributed by atoms with Crippen LogP contribution in [0.5, 0.6) is 5.75 Å². The van der Waals surface area contributed by atoms with E-state index in [1.165, 1.54) is 6.42 Å². The van der Waals surface area contributed by atoms with Crippen molar-refractivity contribution < 1.29 is 4.74 Å². The number of methoxy groups -OCH3 is 1. The fraction of sp³-hybridized carbons (Fsp3) is 0.417. The Morgan fingerprint density at radius 2 is 2.31 bits per heavy atom. The molecule has 1 saturated carbocycles. The molecule has 1 aliphatic carbocycles. The molecule has 84 valence electrons. The monoisotopic (exact) mass is 217 g/mol. The zero-order valence-electron chi connectivity index (χ0n) is 9.31. The molecule has 0 saturated heterocycles. The van der Waals surface area contributed by atoms with Crippen LogP contribution in [-0.4, -0.2) is 16.5 Å². The molecule has 0 atom stereocenters. The number of ether oxygens (including phenoxy) is 1. The second-order valence-corrected chi connectivity index (χ2v) is 4.45. The SMILES string of the molecule is COc1ccn2c(C3(N)CCC3)ncc2c1. The number of hydrogen-bond acceptors (Lipinski definition) is 3. The summed E-state index contributed by atoms with van der Waals surface area (Å²) in [6.45, 7) is 0. The van der Waals surface area contributed by atoms with Crippen LogP contribution < -0.4 is 10.5 Å². The van der Waals surface area contributed by atoms with Crippen LogP contribution in [0.1, 0.15) is 25.1 Å².